The molecule has 0 saturated carbocycles. The van der Waals surface area contributed by atoms with E-state index in [-0.39, 0.29) is 0 Å². The number of rotatable bonds is 30. The largest absolute Gasteiger partial charge is 0.162 e. The van der Waals surface area contributed by atoms with Crippen LogP contribution in [0.4, 0.5) is 0 Å². The Morgan fingerprint density at radius 2 is 0.463 bits per heavy atom. The highest BCUT2D eigenvalue weighted by atomic mass is 32.2. The summed E-state index contributed by atoms with van der Waals surface area (Å²) in [4.78, 5) is 0. The van der Waals surface area contributed by atoms with Crippen molar-refractivity contribution in [2.24, 2.45) is 47.3 Å². The van der Waals surface area contributed by atoms with Gasteiger partial charge >= 0.3 is 0 Å². The minimum Gasteiger partial charge on any atom is -0.162 e. The summed E-state index contributed by atoms with van der Waals surface area (Å²) >= 11 is 2.23. The van der Waals surface area contributed by atoms with Gasteiger partial charge < -0.3 is 0 Å². The van der Waals surface area contributed by atoms with Crippen LogP contribution in [-0.2, 0) is 0 Å². The molecule has 0 aliphatic heterocycles. The summed E-state index contributed by atoms with van der Waals surface area (Å²) in [5, 5.41) is 0. The van der Waals surface area contributed by atoms with E-state index in [1.165, 1.54) is 140 Å². The fourth-order valence-electron chi connectivity index (χ4n) is 6.55. The van der Waals surface area contributed by atoms with Crippen molar-refractivity contribution in [2.75, 3.05) is 11.5 Å². The Balaban J connectivity index is 3.60. The first-order valence-electron chi connectivity index (χ1n) is 19.1. The molecule has 0 radical (unpaired) electrons. The highest BCUT2D eigenvalue weighted by Gasteiger charge is 2.10. The second-order valence-corrected chi connectivity index (χ2v) is 17.4. The van der Waals surface area contributed by atoms with Crippen molar-refractivity contribution in [1.29, 1.82) is 0 Å². The molecule has 248 valence electrons. The highest BCUT2D eigenvalue weighted by molar-refractivity contribution is 7.99. The summed E-state index contributed by atoms with van der Waals surface area (Å²) in [5.41, 5.74) is 0. The predicted molar refractivity (Wildman–Crippen MR) is 194 cm³/mol. The fourth-order valence-corrected chi connectivity index (χ4v) is 7.89. The van der Waals surface area contributed by atoms with Gasteiger partial charge in [-0.25, -0.2) is 0 Å². The predicted octanol–water partition coefficient (Wildman–Crippen LogP) is 14.7. The smallest absolute Gasteiger partial charge is 0.00650 e. The van der Waals surface area contributed by atoms with Crippen LogP contribution in [0.1, 0.15) is 198 Å². The van der Waals surface area contributed by atoms with Crippen molar-refractivity contribution in [3.05, 3.63) is 0 Å². The lowest BCUT2D eigenvalue weighted by Crippen LogP contribution is -2.03. The third-order valence-corrected chi connectivity index (χ3v) is 11.1. The van der Waals surface area contributed by atoms with Crippen LogP contribution < -0.4 is 0 Å². The lowest BCUT2D eigenvalue weighted by atomic mass is 9.91. The molecule has 0 aromatic carbocycles. The fraction of sp³-hybridized carbons (Fsp3) is 1.00. The molecule has 0 saturated heterocycles. The summed E-state index contributed by atoms with van der Waals surface area (Å²) in [6, 6.07) is 0. The zero-order valence-electron chi connectivity index (χ0n) is 30.6. The summed E-state index contributed by atoms with van der Waals surface area (Å²) in [6.07, 6.45) is 28.8. The molecule has 41 heavy (non-hydrogen) atoms. The standard InChI is InChI=1S/C40H82S/c1-33(2)17-11-19-35(5)21-13-23-37(7)25-15-27-39(9)29-31-41-32-30-40(10)28-16-26-38(8)24-14-22-36(6)20-12-18-34(3)4/h33-40H,11-32H2,1-10H3/t35-,36-,37-,38-,39-,40-/m1/s1. The zero-order chi connectivity index (χ0) is 30.9. The Labute approximate surface area is 267 Å². The molecule has 0 heterocycles. The molecule has 0 aliphatic rings. The van der Waals surface area contributed by atoms with E-state index in [4.69, 9.17) is 0 Å². The molecular weight excluding hydrogens is 513 g/mol. The Morgan fingerprint density at radius 1 is 0.268 bits per heavy atom. The Bertz CT molecular complexity index is 479. The van der Waals surface area contributed by atoms with Gasteiger partial charge in [0.25, 0.3) is 0 Å². The van der Waals surface area contributed by atoms with Crippen LogP contribution >= 0.6 is 11.8 Å². The van der Waals surface area contributed by atoms with Gasteiger partial charge in [0.2, 0.25) is 0 Å². The average molecular weight is 595 g/mol. The van der Waals surface area contributed by atoms with Crippen molar-refractivity contribution in [2.45, 2.75) is 198 Å². The summed E-state index contributed by atoms with van der Waals surface area (Å²) < 4.78 is 0. The maximum Gasteiger partial charge on any atom is -0.00650 e. The number of thioether (sulfide) groups is 1. The Hall–Kier alpha value is 0.350. The second-order valence-electron chi connectivity index (χ2n) is 16.2. The van der Waals surface area contributed by atoms with Gasteiger partial charge in [-0.2, -0.15) is 11.8 Å². The van der Waals surface area contributed by atoms with E-state index >= 15 is 0 Å². The lowest BCUT2D eigenvalue weighted by Gasteiger charge is -2.17. The van der Waals surface area contributed by atoms with E-state index in [9.17, 15) is 0 Å². The number of hydrogen-bond donors (Lipinski definition) is 0. The van der Waals surface area contributed by atoms with Crippen molar-refractivity contribution in [3.8, 4) is 0 Å². The van der Waals surface area contributed by atoms with Crippen LogP contribution in [0.2, 0.25) is 0 Å². The quantitative estimate of drug-likeness (QED) is 0.0745. The summed E-state index contributed by atoms with van der Waals surface area (Å²) in [7, 11) is 0. The molecule has 1 heteroatoms. The molecule has 0 bridgehead atoms. The molecule has 0 rings (SSSR count). The monoisotopic (exact) mass is 595 g/mol. The van der Waals surface area contributed by atoms with E-state index in [1.54, 1.807) is 0 Å². The molecule has 0 fully saturated rings. The maximum absolute atomic E-state index is 2.50. The van der Waals surface area contributed by atoms with Gasteiger partial charge in [-0.1, -0.05) is 185 Å². The SMILES string of the molecule is CC(C)CCC[C@@H](C)CCC[C@@H](C)CCC[C@@H](C)CCSCC[C@H](C)CCC[C@H](C)CCC[C@H](C)CCCC(C)C. The third-order valence-electron chi connectivity index (χ3n) is 10.0. The van der Waals surface area contributed by atoms with Gasteiger partial charge in [-0.05, 0) is 71.7 Å². The van der Waals surface area contributed by atoms with Crippen LogP contribution in [0.5, 0.6) is 0 Å². The molecule has 0 aliphatic carbocycles. The van der Waals surface area contributed by atoms with Gasteiger partial charge in [0.15, 0.2) is 0 Å². The van der Waals surface area contributed by atoms with E-state index < -0.39 is 0 Å². The van der Waals surface area contributed by atoms with E-state index in [1.807, 2.05) is 0 Å². The molecule has 0 spiro atoms. The second kappa shape index (κ2) is 27.9. The minimum atomic E-state index is 0.874. The molecule has 0 unspecified atom stereocenters. The van der Waals surface area contributed by atoms with Crippen molar-refractivity contribution < 1.29 is 0 Å². The van der Waals surface area contributed by atoms with E-state index in [0.717, 1.165) is 47.3 Å². The van der Waals surface area contributed by atoms with Gasteiger partial charge in [-0.15, -0.1) is 0 Å². The first-order chi connectivity index (χ1) is 19.5. The highest BCUT2D eigenvalue weighted by Crippen LogP contribution is 2.25. The first-order valence-corrected chi connectivity index (χ1v) is 20.2. The van der Waals surface area contributed by atoms with Gasteiger partial charge in [-0.3, -0.25) is 0 Å². The third kappa shape index (κ3) is 30.2. The minimum absolute atomic E-state index is 0.874. The normalized spacial score (nSPS) is 16.7. The van der Waals surface area contributed by atoms with E-state index in [0.29, 0.717) is 0 Å². The zero-order valence-corrected chi connectivity index (χ0v) is 31.4. The first kappa shape index (κ1) is 41.4. The summed E-state index contributed by atoms with van der Waals surface area (Å²) in [5.74, 6) is 10.1. The van der Waals surface area contributed by atoms with Gasteiger partial charge in [0.05, 0.1) is 0 Å². The van der Waals surface area contributed by atoms with Crippen LogP contribution in [-0.4, -0.2) is 11.5 Å². The molecule has 0 nitrogen and oxygen atoms in total. The molecule has 0 aromatic heterocycles. The van der Waals surface area contributed by atoms with Crippen LogP contribution in [0.3, 0.4) is 0 Å². The molecule has 0 N–H and O–H groups in total. The lowest BCUT2D eigenvalue weighted by molar-refractivity contribution is 0.376. The van der Waals surface area contributed by atoms with Crippen LogP contribution in [0.25, 0.3) is 0 Å². The topological polar surface area (TPSA) is 0 Å². The van der Waals surface area contributed by atoms with Gasteiger partial charge in [0.1, 0.15) is 0 Å². The molecule has 6 atom stereocenters. The van der Waals surface area contributed by atoms with Crippen molar-refractivity contribution in [1.82, 2.24) is 0 Å². The van der Waals surface area contributed by atoms with Crippen molar-refractivity contribution in [3.63, 3.8) is 0 Å². The summed E-state index contributed by atoms with van der Waals surface area (Å²) in [6.45, 7) is 24.4. The molecular formula is C40H82S. The van der Waals surface area contributed by atoms with Crippen LogP contribution in [0.15, 0.2) is 0 Å². The molecule has 0 aromatic rings. The maximum atomic E-state index is 2.50. The molecule has 0 amide bonds. The average Bonchev–Trinajstić information content (AvgIpc) is 2.88. The van der Waals surface area contributed by atoms with Crippen LogP contribution in [0, 0.1) is 47.3 Å². The van der Waals surface area contributed by atoms with Gasteiger partial charge in [0, 0.05) is 0 Å². The number of hydrogen-bond acceptors (Lipinski definition) is 1. The Morgan fingerprint density at radius 3 is 0.683 bits per heavy atom. The van der Waals surface area contributed by atoms with E-state index in [2.05, 4.69) is 81.0 Å². The van der Waals surface area contributed by atoms with Crippen molar-refractivity contribution >= 4 is 11.8 Å². The Kier molecular flexibility index (Phi) is 28.1.